The van der Waals surface area contributed by atoms with E-state index in [0.29, 0.717) is 5.56 Å². The Bertz CT molecular complexity index is 562. The summed E-state index contributed by atoms with van der Waals surface area (Å²) in [7, 11) is 1.37. The van der Waals surface area contributed by atoms with Gasteiger partial charge in [0.25, 0.3) is 0 Å². The van der Waals surface area contributed by atoms with E-state index in [1.165, 1.54) is 7.11 Å². The number of hydrogen-bond donors (Lipinski definition) is 0. The Labute approximate surface area is 106 Å². The molecule has 0 heterocycles. The molecule has 0 atom stereocenters. The van der Waals surface area contributed by atoms with Gasteiger partial charge >= 0.3 is 5.97 Å². The van der Waals surface area contributed by atoms with Crippen molar-refractivity contribution in [2.75, 3.05) is 7.11 Å². The van der Waals surface area contributed by atoms with Gasteiger partial charge in [-0.15, -0.1) is 0 Å². The van der Waals surface area contributed by atoms with Gasteiger partial charge in [-0.3, -0.25) is 4.99 Å². The van der Waals surface area contributed by atoms with E-state index >= 15 is 0 Å². The van der Waals surface area contributed by atoms with Gasteiger partial charge in [-0.05, 0) is 18.2 Å². The molecule has 3 nitrogen and oxygen atoms in total. The molecular formula is C15H13NO2. The van der Waals surface area contributed by atoms with Gasteiger partial charge in [-0.1, -0.05) is 36.4 Å². The highest BCUT2D eigenvalue weighted by molar-refractivity contribution is 5.99. The number of hydrogen-bond acceptors (Lipinski definition) is 3. The molecule has 0 saturated heterocycles. The van der Waals surface area contributed by atoms with Crippen LogP contribution in [0.4, 0.5) is 5.69 Å². The third kappa shape index (κ3) is 2.83. The summed E-state index contributed by atoms with van der Waals surface area (Å²) in [6.45, 7) is 0. The van der Waals surface area contributed by atoms with Crippen molar-refractivity contribution in [1.82, 2.24) is 0 Å². The minimum atomic E-state index is -0.356. The molecule has 90 valence electrons. The molecule has 0 fully saturated rings. The number of esters is 1. The summed E-state index contributed by atoms with van der Waals surface area (Å²) in [5.41, 5.74) is 2.10. The van der Waals surface area contributed by atoms with Crippen molar-refractivity contribution in [3.05, 3.63) is 65.7 Å². The Hall–Kier alpha value is -2.42. The first-order chi connectivity index (χ1) is 8.81. The number of methoxy groups -OCH3 is 1. The fraction of sp³-hybridized carbons (Fsp3) is 0.0667. The van der Waals surface area contributed by atoms with Gasteiger partial charge in [0.15, 0.2) is 0 Å². The summed E-state index contributed by atoms with van der Waals surface area (Å²) in [6.07, 6.45) is 1.67. The molecular weight excluding hydrogens is 226 g/mol. The fourth-order valence-electron chi connectivity index (χ4n) is 1.56. The van der Waals surface area contributed by atoms with Crippen molar-refractivity contribution in [1.29, 1.82) is 0 Å². The molecule has 0 aliphatic heterocycles. The smallest absolute Gasteiger partial charge is 0.338 e. The Morgan fingerprint density at radius 1 is 1.06 bits per heavy atom. The van der Waals surface area contributed by atoms with E-state index in [2.05, 4.69) is 4.99 Å². The summed E-state index contributed by atoms with van der Waals surface area (Å²) in [4.78, 5) is 15.9. The molecule has 0 N–H and O–H groups in total. The van der Waals surface area contributed by atoms with Gasteiger partial charge in [-0.25, -0.2) is 4.79 Å². The number of carbonyl (C=O) groups excluding carboxylic acids is 1. The molecule has 2 aromatic carbocycles. The highest BCUT2D eigenvalue weighted by atomic mass is 16.5. The van der Waals surface area contributed by atoms with Crippen LogP contribution < -0.4 is 0 Å². The van der Waals surface area contributed by atoms with Crippen LogP contribution in [0.3, 0.4) is 0 Å². The van der Waals surface area contributed by atoms with Crippen LogP contribution in [0, 0.1) is 0 Å². The lowest BCUT2D eigenvalue weighted by Crippen LogP contribution is -2.04. The van der Waals surface area contributed by atoms with Crippen LogP contribution in [0.15, 0.2) is 59.6 Å². The second-order valence-corrected chi connectivity index (χ2v) is 3.67. The molecule has 0 bridgehead atoms. The van der Waals surface area contributed by atoms with Crippen LogP contribution in [0.1, 0.15) is 15.9 Å². The zero-order valence-electron chi connectivity index (χ0n) is 10.0. The SMILES string of the molecule is COC(=O)c1ccccc1/C=N\c1ccccc1. The predicted octanol–water partition coefficient (Wildman–Crippen LogP) is 3.22. The van der Waals surface area contributed by atoms with E-state index < -0.39 is 0 Å². The van der Waals surface area contributed by atoms with Crippen LogP contribution in [0.2, 0.25) is 0 Å². The van der Waals surface area contributed by atoms with Crippen molar-refractivity contribution < 1.29 is 9.53 Å². The van der Waals surface area contributed by atoms with Crippen LogP contribution in [0.25, 0.3) is 0 Å². The molecule has 0 aromatic heterocycles. The average Bonchev–Trinajstić information content (AvgIpc) is 2.45. The zero-order valence-corrected chi connectivity index (χ0v) is 10.0. The van der Waals surface area contributed by atoms with Gasteiger partial charge in [0.1, 0.15) is 0 Å². The van der Waals surface area contributed by atoms with Crippen molar-refractivity contribution in [2.45, 2.75) is 0 Å². The monoisotopic (exact) mass is 239 g/mol. The number of benzene rings is 2. The first kappa shape index (κ1) is 12.0. The van der Waals surface area contributed by atoms with Gasteiger partial charge < -0.3 is 4.74 Å². The second kappa shape index (κ2) is 5.77. The molecule has 18 heavy (non-hydrogen) atoms. The molecule has 0 radical (unpaired) electrons. The van der Waals surface area contributed by atoms with E-state index in [1.54, 1.807) is 18.3 Å². The summed E-state index contributed by atoms with van der Waals surface area (Å²) in [5, 5.41) is 0. The maximum absolute atomic E-state index is 11.6. The standard InChI is InChI=1S/C15H13NO2/c1-18-15(17)14-10-6-5-7-12(14)11-16-13-8-3-2-4-9-13/h2-11H,1H3/b16-11-. The van der Waals surface area contributed by atoms with Crippen LogP contribution in [-0.2, 0) is 4.74 Å². The summed E-state index contributed by atoms with van der Waals surface area (Å²) in [5.74, 6) is -0.356. The first-order valence-electron chi connectivity index (χ1n) is 5.58. The second-order valence-electron chi connectivity index (χ2n) is 3.67. The number of aliphatic imine (C=N–C) groups is 1. The average molecular weight is 239 g/mol. The number of rotatable bonds is 3. The lowest BCUT2D eigenvalue weighted by Gasteiger charge is -2.02. The van der Waals surface area contributed by atoms with Gasteiger partial charge in [-0.2, -0.15) is 0 Å². The summed E-state index contributed by atoms with van der Waals surface area (Å²) >= 11 is 0. The minimum absolute atomic E-state index is 0.356. The van der Waals surface area contributed by atoms with E-state index in [0.717, 1.165) is 11.3 Å². The minimum Gasteiger partial charge on any atom is -0.465 e. The predicted molar refractivity (Wildman–Crippen MR) is 71.5 cm³/mol. The van der Waals surface area contributed by atoms with Gasteiger partial charge in [0, 0.05) is 11.8 Å². The highest BCUT2D eigenvalue weighted by Gasteiger charge is 2.08. The van der Waals surface area contributed by atoms with E-state index in [-0.39, 0.29) is 5.97 Å². The zero-order chi connectivity index (χ0) is 12.8. The number of para-hydroxylation sites is 1. The van der Waals surface area contributed by atoms with Crippen LogP contribution in [-0.4, -0.2) is 19.3 Å². The molecule has 0 amide bonds. The Morgan fingerprint density at radius 3 is 2.44 bits per heavy atom. The Morgan fingerprint density at radius 2 is 1.72 bits per heavy atom. The van der Waals surface area contributed by atoms with E-state index in [9.17, 15) is 4.79 Å². The molecule has 0 aliphatic rings. The van der Waals surface area contributed by atoms with E-state index in [4.69, 9.17) is 4.74 Å². The third-order valence-corrected chi connectivity index (χ3v) is 2.47. The van der Waals surface area contributed by atoms with Crippen molar-refractivity contribution in [3.8, 4) is 0 Å². The molecule has 0 saturated carbocycles. The fourth-order valence-corrected chi connectivity index (χ4v) is 1.56. The number of ether oxygens (including phenoxy) is 1. The van der Waals surface area contributed by atoms with Crippen molar-refractivity contribution in [3.63, 3.8) is 0 Å². The maximum Gasteiger partial charge on any atom is 0.338 e. The lowest BCUT2D eigenvalue weighted by molar-refractivity contribution is 0.0600. The molecule has 2 aromatic rings. The maximum atomic E-state index is 11.6. The number of carbonyl (C=O) groups is 1. The van der Waals surface area contributed by atoms with Crippen LogP contribution in [0.5, 0.6) is 0 Å². The lowest BCUT2D eigenvalue weighted by atomic mass is 10.1. The summed E-state index contributed by atoms with van der Waals surface area (Å²) < 4.78 is 4.73. The third-order valence-electron chi connectivity index (χ3n) is 2.47. The number of nitrogens with zero attached hydrogens (tertiary/aromatic N) is 1. The molecule has 0 spiro atoms. The van der Waals surface area contributed by atoms with Crippen molar-refractivity contribution in [2.24, 2.45) is 4.99 Å². The molecule has 0 aliphatic carbocycles. The van der Waals surface area contributed by atoms with Gasteiger partial charge in [0.05, 0.1) is 18.4 Å². The summed E-state index contributed by atoms with van der Waals surface area (Å²) in [6, 6.07) is 16.8. The molecule has 2 rings (SSSR count). The molecule has 3 heteroatoms. The van der Waals surface area contributed by atoms with Crippen LogP contribution >= 0.6 is 0 Å². The molecule has 0 unspecified atom stereocenters. The van der Waals surface area contributed by atoms with E-state index in [1.807, 2.05) is 42.5 Å². The largest absolute Gasteiger partial charge is 0.465 e. The Kier molecular flexibility index (Phi) is 3.86. The van der Waals surface area contributed by atoms with Gasteiger partial charge in [0.2, 0.25) is 0 Å². The normalized spacial score (nSPS) is 10.5. The Balaban J connectivity index is 2.29. The first-order valence-corrected chi connectivity index (χ1v) is 5.58. The topological polar surface area (TPSA) is 38.7 Å². The van der Waals surface area contributed by atoms with Crippen molar-refractivity contribution >= 4 is 17.9 Å². The highest BCUT2D eigenvalue weighted by Crippen LogP contribution is 2.12. The quantitative estimate of drug-likeness (QED) is 0.609.